The van der Waals surface area contributed by atoms with E-state index < -0.39 is 34.4 Å². The van der Waals surface area contributed by atoms with Gasteiger partial charge in [0.25, 0.3) is 11.6 Å². The first-order valence-electron chi connectivity index (χ1n) is 5.48. The third-order valence-corrected chi connectivity index (χ3v) is 2.95. The molecule has 1 rings (SSSR count). The van der Waals surface area contributed by atoms with Crippen molar-refractivity contribution >= 4 is 34.8 Å². The molecule has 0 aliphatic heterocycles. The fourth-order valence-corrected chi connectivity index (χ4v) is 1.62. The number of carbonyl (C=O) groups excluding carboxylic acids is 1. The molecule has 110 valence electrons. The molecule has 0 aromatic heterocycles. The molecular formula is C11H12Cl2N2O5. The van der Waals surface area contributed by atoms with Gasteiger partial charge in [0.15, 0.2) is 4.84 Å². The van der Waals surface area contributed by atoms with Crippen LogP contribution in [0.4, 0.5) is 5.69 Å². The van der Waals surface area contributed by atoms with Crippen molar-refractivity contribution in [2.75, 3.05) is 6.61 Å². The standard InChI is InChI=1S/C11H12Cl2N2O5/c12-10(13)11(18)14-8(5-16)9(17)6-1-3-7(4-2-6)15(19)20/h1-4,8-10,16-17H,5H2,(H,14,18)/t8-,9?/m0/s1. The molecule has 0 aliphatic rings. The first-order chi connectivity index (χ1) is 9.36. The van der Waals surface area contributed by atoms with Gasteiger partial charge < -0.3 is 15.5 Å². The molecule has 7 nitrogen and oxygen atoms in total. The number of aliphatic hydroxyl groups is 2. The Kier molecular flexibility index (Phi) is 6.15. The van der Waals surface area contributed by atoms with E-state index in [1.807, 2.05) is 0 Å². The van der Waals surface area contributed by atoms with Crippen LogP contribution in [0.25, 0.3) is 0 Å². The van der Waals surface area contributed by atoms with E-state index in [4.69, 9.17) is 28.3 Å². The number of amides is 1. The second-order valence-corrected chi connectivity index (χ2v) is 4.99. The van der Waals surface area contributed by atoms with Gasteiger partial charge in [-0.2, -0.15) is 0 Å². The van der Waals surface area contributed by atoms with Gasteiger partial charge in [-0.25, -0.2) is 0 Å². The van der Waals surface area contributed by atoms with E-state index in [0.717, 1.165) is 0 Å². The lowest BCUT2D eigenvalue weighted by atomic mass is 10.0. The molecule has 0 aliphatic carbocycles. The average Bonchev–Trinajstić information content (AvgIpc) is 2.43. The molecule has 0 heterocycles. The molecule has 3 N–H and O–H groups in total. The van der Waals surface area contributed by atoms with E-state index in [1.165, 1.54) is 24.3 Å². The van der Waals surface area contributed by atoms with E-state index in [0.29, 0.717) is 5.56 Å². The van der Waals surface area contributed by atoms with Crippen molar-refractivity contribution in [1.82, 2.24) is 5.32 Å². The molecule has 0 spiro atoms. The van der Waals surface area contributed by atoms with Crippen LogP contribution in [0.1, 0.15) is 11.7 Å². The molecule has 1 aromatic carbocycles. The number of hydrogen-bond donors (Lipinski definition) is 3. The van der Waals surface area contributed by atoms with Gasteiger partial charge in [0.1, 0.15) is 6.10 Å². The van der Waals surface area contributed by atoms with Gasteiger partial charge in [-0.15, -0.1) is 0 Å². The average molecular weight is 323 g/mol. The van der Waals surface area contributed by atoms with Gasteiger partial charge in [0, 0.05) is 12.1 Å². The zero-order chi connectivity index (χ0) is 15.3. The van der Waals surface area contributed by atoms with Crippen molar-refractivity contribution in [3.8, 4) is 0 Å². The summed E-state index contributed by atoms with van der Waals surface area (Å²) in [4.78, 5) is 19.9. The molecule has 0 saturated carbocycles. The molecule has 1 amide bonds. The number of alkyl halides is 2. The van der Waals surface area contributed by atoms with E-state index >= 15 is 0 Å². The number of nitro benzene ring substituents is 1. The third-order valence-electron chi connectivity index (χ3n) is 2.55. The fraction of sp³-hybridized carbons (Fsp3) is 0.364. The van der Waals surface area contributed by atoms with Crippen molar-refractivity contribution in [3.05, 3.63) is 39.9 Å². The van der Waals surface area contributed by atoms with Crippen molar-refractivity contribution in [1.29, 1.82) is 0 Å². The summed E-state index contributed by atoms with van der Waals surface area (Å²) < 4.78 is 0. The summed E-state index contributed by atoms with van der Waals surface area (Å²) >= 11 is 10.7. The lowest BCUT2D eigenvalue weighted by Crippen LogP contribution is -2.44. The van der Waals surface area contributed by atoms with E-state index in [9.17, 15) is 20.0 Å². The van der Waals surface area contributed by atoms with Crippen molar-refractivity contribution < 1.29 is 19.9 Å². The highest BCUT2D eigenvalue weighted by molar-refractivity contribution is 6.53. The van der Waals surface area contributed by atoms with E-state index in [-0.39, 0.29) is 5.69 Å². The summed E-state index contributed by atoms with van der Waals surface area (Å²) in [6.45, 7) is -0.551. The number of benzene rings is 1. The summed E-state index contributed by atoms with van der Waals surface area (Å²) in [5.41, 5.74) is 0.169. The quantitative estimate of drug-likeness (QED) is 0.409. The normalized spacial score (nSPS) is 13.8. The number of carbonyl (C=O) groups is 1. The predicted molar refractivity (Wildman–Crippen MR) is 72.6 cm³/mol. The van der Waals surface area contributed by atoms with Crippen LogP contribution in [0.2, 0.25) is 0 Å². The Balaban J connectivity index is 2.82. The highest BCUT2D eigenvalue weighted by Crippen LogP contribution is 2.20. The molecule has 0 bridgehead atoms. The van der Waals surface area contributed by atoms with Crippen LogP contribution >= 0.6 is 23.2 Å². The zero-order valence-corrected chi connectivity index (χ0v) is 11.6. The molecule has 20 heavy (non-hydrogen) atoms. The monoisotopic (exact) mass is 322 g/mol. The van der Waals surface area contributed by atoms with Crippen LogP contribution in [-0.2, 0) is 4.79 Å². The second kappa shape index (κ2) is 7.39. The van der Waals surface area contributed by atoms with Gasteiger partial charge in [-0.05, 0) is 17.7 Å². The van der Waals surface area contributed by atoms with Crippen molar-refractivity contribution in [3.63, 3.8) is 0 Å². The minimum Gasteiger partial charge on any atom is -0.394 e. The van der Waals surface area contributed by atoms with Crippen LogP contribution in [0, 0.1) is 10.1 Å². The van der Waals surface area contributed by atoms with Crippen LogP contribution in [0.15, 0.2) is 24.3 Å². The number of halogens is 2. The molecular weight excluding hydrogens is 311 g/mol. The number of nitro groups is 1. The SMILES string of the molecule is O=C(N[C@@H](CO)C(O)c1ccc([N+](=O)[O-])cc1)C(Cl)Cl. The van der Waals surface area contributed by atoms with Crippen LogP contribution in [0.3, 0.4) is 0 Å². The van der Waals surface area contributed by atoms with Gasteiger partial charge in [-0.1, -0.05) is 23.2 Å². The van der Waals surface area contributed by atoms with E-state index in [1.54, 1.807) is 0 Å². The predicted octanol–water partition coefficient (Wildman–Crippen LogP) is 0.909. The molecule has 0 fully saturated rings. The Labute approximate surface area is 124 Å². The maximum Gasteiger partial charge on any atom is 0.269 e. The lowest BCUT2D eigenvalue weighted by molar-refractivity contribution is -0.384. The highest BCUT2D eigenvalue weighted by atomic mass is 35.5. The molecule has 9 heteroatoms. The second-order valence-electron chi connectivity index (χ2n) is 3.89. The Morgan fingerprint density at radius 2 is 1.90 bits per heavy atom. The van der Waals surface area contributed by atoms with Gasteiger partial charge in [-0.3, -0.25) is 14.9 Å². The Bertz CT molecular complexity index is 480. The minimum absolute atomic E-state index is 0.132. The zero-order valence-electron chi connectivity index (χ0n) is 10.1. The maximum atomic E-state index is 11.3. The van der Waals surface area contributed by atoms with Gasteiger partial charge in [0.2, 0.25) is 0 Å². The number of aliphatic hydroxyl groups excluding tert-OH is 2. The number of rotatable bonds is 6. The Morgan fingerprint density at radius 3 is 2.30 bits per heavy atom. The van der Waals surface area contributed by atoms with Crippen molar-refractivity contribution in [2.24, 2.45) is 0 Å². The molecule has 1 unspecified atom stereocenters. The van der Waals surface area contributed by atoms with Gasteiger partial charge >= 0.3 is 0 Å². The molecule has 2 atom stereocenters. The largest absolute Gasteiger partial charge is 0.394 e. The Hall–Kier alpha value is -1.41. The third kappa shape index (κ3) is 4.31. The van der Waals surface area contributed by atoms with E-state index in [2.05, 4.69) is 5.32 Å². The summed E-state index contributed by atoms with van der Waals surface area (Å²) in [6, 6.07) is 4.05. The number of nitrogens with zero attached hydrogens (tertiary/aromatic N) is 1. The summed E-state index contributed by atoms with van der Waals surface area (Å²) in [5.74, 6) is -0.756. The van der Waals surface area contributed by atoms with Crippen LogP contribution in [-0.4, -0.2) is 38.5 Å². The Morgan fingerprint density at radius 1 is 1.35 bits per heavy atom. The van der Waals surface area contributed by atoms with Crippen molar-refractivity contribution in [2.45, 2.75) is 17.0 Å². The minimum atomic E-state index is -1.33. The molecule has 0 radical (unpaired) electrons. The van der Waals surface area contributed by atoms with Crippen LogP contribution < -0.4 is 5.32 Å². The first kappa shape index (κ1) is 16.6. The number of nitrogens with one attached hydrogen (secondary N) is 1. The fourth-order valence-electron chi connectivity index (χ4n) is 1.50. The smallest absolute Gasteiger partial charge is 0.269 e. The summed E-state index contributed by atoms with van der Waals surface area (Å²) in [6.07, 6.45) is -1.25. The maximum absolute atomic E-state index is 11.3. The number of non-ortho nitro benzene ring substituents is 1. The molecule has 0 saturated heterocycles. The molecule has 1 aromatic rings. The topological polar surface area (TPSA) is 113 Å². The lowest BCUT2D eigenvalue weighted by Gasteiger charge is -2.22. The summed E-state index contributed by atoms with van der Waals surface area (Å²) in [7, 11) is 0. The highest BCUT2D eigenvalue weighted by Gasteiger charge is 2.24. The van der Waals surface area contributed by atoms with Crippen LogP contribution in [0.5, 0.6) is 0 Å². The number of hydrogen-bond acceptors (Lipinski definition) is 5. The first-order valence-corrected chi connectivity index (χ1v) is 6.36. The summed E-state index contributed by atoms with van der Waals surface area (Å²) in [5, 5.41) is 31.9. The van der Waals surface area contributed by atoms with Gasteiger partial charge in [0.05, 0.1) is 17.6 Å².